The van der Waals surface area contributed by atoms with Crippen molar-refractivity contribution >= 4 is 0 Å². The van der Waals surface area contributed by atoms with Crippen molar-refractivity contribution in [2.45, 2.75) is 46.1 Å². The third-order valence-electron chi connectivity index (χ3n) is 3.36. The molecule has 0 aromatic heterocycles. The fraction of sp³-hybridized carbons (Fsp3) is 0.600. The van der Waals surface area contributed by atoms with Crippen molar-refractivity contribution in [3.63, 3.8) is 0 Å². The summed E-state index contributed by atoms with van der Waals surface area (Å²) < 4.78 is 0. The largest absolute Gasteiger partial charge is 0.508 e. The number of hydrogen-bond donors (Lipinski definition) is 3. The molecule has 0 amide bonds. The van der Waals surface area contributed by atoms with Crippen LogP contribution in [0.15, 0.2) is 18.2 Å². The third kappa shape index (κ3) is 4.96. The molecular formula is C15H25NO2. The molecule has 3 N–H and O–H groups in total. The van der Waals surface area contributed by atoms with Gasteiger partial charge in [0.2, 0.25) is 0 Å². The van der Waals surface area contributed by atoms with E-state index < -0.39 is 0 Å². The maximum Gasteiger partial charge on any atom is 0.123 e. The van der Waals surface area contributed by atoms with E-state index in [0.717, 1.165) is 12.1 Å². The zero-order chi connectivity index (χ0) is 13.4. The minimum Gasteiger partial charge on any atom is -0.508 e. The number of benzene rings is 1. The summed E-state index contributed by atoms with van der Waals surface area (Å²) in [6.07, 6.45) is 4.98. The monoisotopic (exact) mass is 251 g/mol. The van der Waals surface area contributed by atoms with Crippen LogP contribution in [0.25, 0.3) is 0 Å². The van der Waals surface area contributed by atoms with E-state index in [-0.39, 0.29) is 11.5 Å². The molecule has 0 aliphatic carbocycles. The number of phenols is 2. The Morgan fingerprint density at radius 2 is 2.00 bits per heavy atom. The highest BCUT2D eigenvalue weighted by Crippen LogP contribution is 2.22. The normalized spacial score (nSPS) is 12.6. The first-order chi connectivity index (χ1) is 8.67. The highest BCUT2D eigenvalue weighted by Gasteiger charge is 2.06. The summed E-state index contributed by atoms with van der Waals surface area (Å²) in [6.45, 7) is 6.07. The predicted molar refractivity (Wildman–Crippen MR) is 74.8 cm³/mol. The van der Waals surface area contributed by atoms with Gasteiger partial charge in [0.15, 0.2) is 0 Å². The topological polar surface area (TPSA) is 52.5 Å². The van der Waals surface area contributed by atoms with Crippen LogP contribution in [0.1, 0.15) is 45.1 Å². The van der Waals surface area contributed by atoms with E-state index >= 15 is 0 Å². The Morgan fingerprint density at radius 1 is 1.22 bits per heavy atom. The first-order valence-electron chi connectivity index (χ1n) is 6.88. The Bertz CT molecular complexity index is 352. The van der Waals surface area contributed by atoms with Gasteiger partial charge in [-0.25, -0.2) is 0 Å². The second-order valence-corrected chi connectivity index (χ2v) is 4.86. The fourth-order valence-electron chi connectivity index (χ4n) is 2.06. The van der Waals surface area contributed by atoms with E-state index in [9.17, 15) is 10.2 Å². The summed E-state index contributed by atoms with van der Waals surface area (Å²) in [4.78, 5) is 0. The molecule has 0 bridgehead atoms. The Hall–Kier alpha value is -1.22. The van der Waals surface area contributed by atoms with Gasteiger partial charge in [0, 0.05) is 18.2 Å². The lowest BCUT2D eigenvalue weighted by atomic mass is 9.99. The van der Waals surface area contributed by atoms with Crippen LogP contribution in [-0.2, 0) is 6.54 Å². The van der Waals surface area contributed by atoms with E-state index in [0.29, 0.717) is 12.5 Å². The van der Waals surface area contributed by atoms with Gasteiger partial charge in [-0.05, 0) is 24.9 Å². The molecular weight excluding hydrogens is 226 g/mol. The molecule has 0 radical (unpaired) electrons. The number of nitrogens with one attached hydrogen (secondary N) is 1. The molecule has 102 valence electrons. The number of hydrogen-bond acceptors (Lipinski definition) is 3. The average Bonchev–Trinajstić information content (AvgIpc) is 2.36. The number of rotatable bonds is 8. The van der Waals surface area contributed by atoms with Gasteiger partial charge in [-0.3, -0.25) is 0 Å². The average molecular weight is 251 g/mol. The van der Waals surface area contributed by atoms with Crippen molar-refractivity contribution in [1.82, 2.24) is 5.32 Å². The molecule has 1 aromatic rings. The number of phenolic OH excluding ortho intramolecular Hbond substituents is 2. The van der Waals surface area contributed by atoms with Gasteiger partial charge in [0.1, 0.15) is 11.5 Å². The van der Waals surface area contributed by atoms with Crippen LogP contribution in [0.3, 0.4) is 0 Å². The van der Waals surface area contributed by atoms with E-state index in [1.54, 1.807) is 12.1 Å². The van der Waals surface area contributed by atoms with Crippen LogP contribution < -0.4 is 5.32 Å². The van der Waals surface area contributed by atoms with Gasteiger partial charge < -0.3 is 15.5 Å². The molecule has 18 heavy (non-hydrogen) atoms. The Morgan fingerprint density at radius 3 is 2.61 bits per heavy atom. The highest BCUT2D eigenvalue weighted by atomic mass is 16.3. The quantitative estimate of drug-likeness (QED) is 0.663. The lowest BCUT2D eigenvalue weighted by molar-refractivity contribution is 0.412. The minimum atomic E-state index is 0.102. The molecule has 0 aliphatic heterocycles. The molecule has 1 aromatic carbocycles. The third-order valence-corrected chi connectivity index (χ3v) is 3.36. The number of aromatic hydroxyl groups is 2. The molecule has 0 aliphatic rings. The summed E-state index contributed by atoms with van der Waals surface area (Å²) in [5.41, 5.74) is 0.832. The van der Waals surface area contributed by atoms with Gasteiger partial charge in [-0.2, -0.15) is 0 Å². The van der Waals surface area contributed by atoms with Crippen LogP contribution >= 0.6 is 0 Å². The summed E-state index contributed by atoms with van der Waals surface area (Å²) in [5.74, 6) is 0.971. The Labute approximate surface area is 110 Å². The summed E-state index contributed by atoms with van der Waals surface area (Å²) in [5, 5.41) is 22.2. The van der Waals surface area contributed by atoms with Crippen molar-refractivity contribution < 1.29 is 10.2 Å². The van der Waals surface area contributed by atoms with Crippen LogP contribution in [0.2, 0.25) is 0 Å². The molecule has 3 nitrogen and oxygen atoms in total. The van der Waals surface area contributed by atoms with E-state index in [2.05, 4.69) is 19.2 Å². The first-order valence-corrected chi connectivity index (χ1v) is 6.88. The van der Waals surface area contributed by atoms with Crippen molar-refractivity contribution in [3.05, 3.63) is 23.8 Å². The predicted octanol–water partition coefficient (Wildman–Crippen LogP) is 3.40. The summed E-state index contributed by atoms with van der Waals surface area (Å²) in [7, 11) is 0. The lowest BCUT2D eigenvalue weighted by Crippen LogP contribution is -2.22. The SMILES string of the molecule is CCCCC(CC)CNCc1ccc(O)cc1O. The standard InChI is InChI=1S/C15H25NO2/c1-3-5-6-12(4-2)10-16-11-13-7-8-14(17)9-15(13)18/h7-9,12,16-18H,3-6,10-11H2,1-2H3. The Kier molecular flexibility index (Phi) is 6.58. The van der Waals surface area contributed by atoms with Gasteiger partial charge in [-0.15, -0.1) is 0 Å². The molecule has 0 saturated heterocycles. The smallest absolute Gasteiger partial charge is 0.123 e. The molecule has 0 spiro atoms. The summed E-state index contributed by atoms with van der Waals surface area (Å²) >= 11 is 0. The van der Waals surface area contributed by atoms with Crippen molar-refractivity contribution in [1.29, 1.82) is 0 Å². The second-order valence-electron chi connectivity index (χ2n) is 4.86. The van der Waals surface area contributed by atoms with E-state index in [4.69, 9.17) is 0 Å². The van der Waals surface area contributed by atoms with Crippen LogP contribution in [0.4, 0.5) is 0 Å². The van der Waals surface area contributed by atoms with Crippen LogP contribution in [0, 0.1) is 5.92 Å². The van der Waals surface area contributed by atoms with Crippen molar-refractivity contribution in [2.75, 3.05) is 6.54 Å². The molecule has 3 heteroatoms. The van der Waals surface area contributed by atoms with Crippen molar-refractivity contribution in [2.24, 2.45) is 5.92 Å². The zero-order valence-corrected chi connectivity index (χ0v) is 11.4. The molecule has 0 fully saturated rings. The van der Waals surface area contributed by atoms with Gasteiger partial charge in [0.05, 0.1) is 0 Å². The second kappa shape index (κ2) is 7.98. The van der Waals surface area contributed by atoms with Gasteiger partial charge in [-0.1, -0.05) is 39.2 Å². The van der Waals surface area contributed by atoms with E-state index in [1.807, 2.05) is 0 Å². The molecule has 0 saturated carbocycles. The first kappa shape index (κ1) is 14.8. The number of unbranched alkanes of at least 4 members (excludes halogenated alkanes) is 1. The molecule has 1 rings (SSSR count). The highest BCUT2D eigenvalue weighted by molar-refractivity contribution is 5.38. The van der Waals surface area contributed by atoms with E-state index in [1.165, 1.54) is 31.7 Å². The zero-order valence-electron chi connectivity index (χ0n) is 11.4. The maximum absolute atomic E-state index is 9.66. The van der Waals surface area contributed by atoms with Crippen LogP contribution in [-0.4, -0.2) is 16.8 Å². The van der Waals surface area contributed by atoms with Gasteiger partial charge in [0.25, 0.3) is 0 Å². The van der Waals surface area contributed by atoms with Crippen LogP contribution in [0.5, 0.6) is 11.5 Å². The maximum atomic E-state index is 9.66. The fourth-order valence-corrected chi connectivity index (χ4v) is 2.06. The summed E-state index contributed by atoms with van der Waals surface area (Å²) in [6, 6.07) is 4.74. The molecule has 1 atom stereocenters. The lowest BCUT2D eigenvalue weighted by Gasteiger charge is -2.15. The Balaban J connectivity index is 2.35. The minimum absolute atomic E-state index is 0.102. The molecule has 0 heterocycles. The molecule has 1 unspecified atom stereocenters. The van der Waals surface area contributed by atoms with Gasteiger partial charge >= 0.3 is 0 Å². The van der Waals surface area contributed by atoms with Crippen molar-refractivity contribution in [3.8, 4) is 11.5 Å².